The van der Waals surface area contributed by atoms with Gasteiger partial charge in [-0.1, -0.05) is 32.0 Å². The predicted molar refractivity (Wildman–Crippen MR) is 107 cm³/mol. The summed E-state index contributed by atoms with van der Waals surface area (Å²) in [6, 6.07) is 6.25. The van der Waals surface area contributed by atoms with Crippen LogP contribution in [0, 0.1) is 5.92 Å². The molecule has 168 valence electrons. The molecule has 0 aromatic heterocycles. The van der Waals surface area contributed by atoms with E-state index in [0.717, 1.165) is 32.5 Å². The van der Waals surface area contributed by atoms with Crippen LogP contribution in [0.3, 0.4) is 0 Å². The van der Waals surface area contributed by atoms with Gasteiger partial charge in [0, 0.05) is 37.8 Å². The van der Waals surface area contributed by atoms with Crippen molar-refractivity contribution < 1.29 is 33.0 Å². The number of piperidine rings is 1. The second-order valence-electron chi connectivity index (χ2n) is 7.49. The van der Waals surface area contributed by atoms with Gasteiger partial charge in [0.05, 0.1) is 5.56 Å². The lowest BCUT2D eigenvalue weighted by Gasteiger charge is -2.36. The molecule has 1 saturated heterocycles. The fourth-order valence-electron chi connectivity index (χ4n) is 3.25. The first-order valence-electron chi connectivity index (χ1n) is 9.74. The number of halogens is 3. The van der Waals surface area contributed by atoms with Crippen molar-refractivity contribution in [2.75, 3.05) is 19.6 Å². The lowest BCUT2D eigenvalue weighted by molar-refractivity contribution is -0.138. The highest BCUT2D eigenvalue weighted by molar-refractivity contribution is 5.89. The molecule has 1 atom stereocenters. The van der Waals surface area contributed by atoms with Gasteiger partial charge in [0.1, 0.15) is 0 Å². The summed E-state index contributed by atoms with van der Waals surface area (Å²) in [5, 5.41) is 19.0. The Hall–Kier alpha value is -2.39. The summed E-state index contributed by atoms with van der Waals surface area (Å²) in [6.45, 7) is 7.27. The Morgan fingerprint density at radius 1 is 1.20 bits per heavy atom. The zero-order chi connectivity index (χ0) is 22.7. The minimum Gasteiger partial charge on any atom is -0.478 e. The Morgan fingerprint density at radius 2 is 1.80 bits per heavy atom. The molecule has 9 heteroatoms. The molecule has 3 N–H and O–H groups in total. The van der Waals surface area contributed by atoms with Crippen molar-refractivity contribution in [2.24, 2.45) is 5.92 Å². The minimum atomic E-state index is -4.29. The van der Waals surface area contributed by atoms with Crippen LogP contribution in [0.15, 0.2) is 36.4 Å². The van der Waals surface area contributed by atoms with Gasteiger partial charge in [-0.25, -0.2) is 9.59 Å². The number of alkyl halides is 3. The van der Waals surface area contributed by atoms with E-state index >= 15 is 0 Å². The van der Waals surface area contributed by atoms with Crippen molar-refractivity contribution in [1.82, 2.24) is 10.2 Å². The first-order valence-corrected chi connectivity index (χ1v) is 9.74. The maximum Gasteiger partial charge on any atom is 0.416 e. The highest BCUT2D eigenvalue weighted by Crippen LogP contribution is 2.33. The number of aliphatic carboxylic acids is 2. The molecule has 1 aromatic rings. The Bertz CT molecular complexity index is 698. The van der Waals surface area contributed by atoms with Crippen LogP contribution in [-0.2, 0) is 22.3 Å². The third kappa shape index (κ3) is 9.89. The normalized spacial score (nSPS) is 17.1. The second kappa shape index (κ2) is 12.3. The zero-order valence-electron chi connectivity index (χ0n) is 17.2. The van der Waals surface area contributed by atoms with Gasteiger partial charge in [0.2, 0.25) is 0 Å². The van der Waals surface area contributed by atoms with Crippen LogP contribution >= 0.6 is 0 Å². The molecule has 0 unspecified atom stereocenters. The number of rotatable bonds is 7. The van der Waals surface area contributed by atoms with E-state index in [-0.39, 0.29) is 0 Å². The third-order valence-corrected chi connectivity index (χ3v) is 4.45. The SMILES string of the molecule is CC(C)CN(Cc1ccccc1C(F)(F)F)[C@H]1CCCNC1.O=C(O)/C=C/C(=O)O. The van der Waals surface area contributed by atoms with Crippen LogP contribution in [-0.4, -0.2) is 52.7 Å². The molecule has 6 nitrogen and oxygen atoms in total. The summed E-state index contributed by atoms with van der Waals surface area (Å²) in [5.41, 5.74) is -0.131. The van der Waals surface area contributed by atoms with Gasteiger partial charge in [-0.3, -0.25) is 4.90 Å². The molecule has 1 fully saturated rings. The monoisotopic (exact) mass is 430 g/mol. The topological polar surface area (TPSA) is 89.9 Å². The number of carbonyl (C=O) groups is 2. The Kier molecular flexibility index (Phi) is 10.5. The predicted octanol–water partition coefficient (Wildman–Crippen LogP) is 3.63. The molecular formula is C21H29F3N2O4. The molecule has 30 heavy (non-hydrogen) atoms. The van der Waals surface area contributed by atoms with Gasteiger partial charge in [0.25, 0.3) is 0 Å². The van der Waals surface area contributed by atoms with E-state index in [4.69, 9.17) is 10.2 Å². The largest absolute Gasteiger partial charge is 0.478 e. The lowest BCUT2D eigenvalue weighted by atomic mass is 10.0. The number of nitrogens with one attached hydrogen (secondary N) is 1. The van der Waals surface area contributed by atoms with Gasteiger partial charge >= 0.3 is 18.1 Å². The maximum absolute atomic E-state index is 13.2. The van der Waals surface area contributed by atoms with Crippen molar-refractivity contribution >= 4 is 11.9 Å². The standard InChI is InChI=1S/C17H25F3N2.C4H4O4/c1-13(2)11-22(15-7-5-9-21-10-15)12-14-6-3-4-8-16(14)17(18,19)20;5-3(6)1-2-4(7)8/h3-4,6,8,13,15,21H,5,7,9-12H2,1-2H3;1-2H,(H,5,6)(H,7,8)/b;2-1+/t15-;/m0./s1. The number of benzene rings is 1. The number of nitrogens with zero attached hydrogens (tertiary/aromatic N) is 1. The average molecular weight is 430 g/mol. The molecule has 0 aliphatic carbocycles. The molecule has 2 rings (SSSR count). The summed E-state index contributed by atoms with van der Waals surface area (Å²) in [5.74, 6) is -2.08. The van der Waals surface area contributed by atoms with Gasteiger partial charge < -0.3 is 15.5 Å². The Balaban J connectivity index is 0.000000479. The minimum absolute atomic E-state index is 0.317. The van der Waals surface area contributed by atoms with Gasteiger partial charge in [-0.2, -0.15) is 13.2 Å². The van der Waals surface area contributed by atoms with Crippen LogP contribution in [0.4, 0.5) is 13.2 Å². The van der Waals surface area contributed by atoms with E-state index in [0.29, 0.717) is 36.2 Å². The molecule has 1 aliphatic rings. The van der Waals surface area contributed by atoms with Crippen molar-refractivity contribution in [1.29, 1.82) is 0 Å². The number of carboxylic acid groups (broad SMARTS) is 2. The lowest BCUT2D eigenvalue weighted by Crippen LogP contribution is -2.47. The molecular weight excluding hydrogens is 401 g/mol. The van der Waals surface area contributed by atoms with Crippen molar-refractivity contribution in [3.8, 4) is 0 Å². The fraction of sp³-hybridized carbons (Fsp3) is 0.524. The van der Waals surface area contributed by atoms with E-state index in [1.807, 2.05) is 0 Å². The van der Waals surface area contributed by atoms with Crippen LogP contribution in [0.1, 0.15) is 37.8 Å². The van der Waals surface area contributed by atoms with E-state index in [1.54, 1.807) is 12.1 Å². The number of hydrogen-bond donors (Lipinski definition) is 3. The highest BCUT2D eigenvalue weighted by atomic mass is 19.4. The summed E-state index contributed by atoms with van der Waals surface area (Å²) >= 11 is 0. The molecule has 0 spiro atoms. The summed E-state index contributed by atoms with van der Waals surface area (Å²) in [7, 11) is 0. The number of hydrogen-bond acceptors (Lipinski definition) is 4. The summed E-state index contributed by atoms with van der Waals surface area (Å²) in [6.07, 6.45) is -1.04. The van der Waals surface area contributed by atoms with E-state index < -0.39 is 23.7 Å². The summed E-state index contributed by atoms with van der Waals surface area (Å²) in [4.78, 5) is 21.3. The molecule has 1 aliphatic heterocycles. The average Bonchev–Trinajstić information content (AvgIpc) is 2.66. The van der Waals surface area contributed by atoms with Crippen LogP contribution in [0.5, 0.6) is 0 Å². The van der Waals surface area contributed by atoms with E-state index in [1.165, 1.54) is 12.1 Å². The highest BCUT2D eigenvalue weighted by Gasteiger charge is 2.34. The van der Waals surface area contributed by atoms with E-state index in [2.05, 4.69) is 24.1 Å². The molecule has 1 aromatic carbocycles. The molecule has 0 saturated carbocycles. The third-order valence-electron chi connectivity index (χ3n) is 4.45. The van der Waals surface area contributed by atoms with Crippen LogP contribution in [0.2, 0.25) is 0 Å². The van der Waals surface area contributed by atoms with Gasteiger partial charge in [-0.15, -0.1) is 0 Å². The number of carboxylic acids is 2. The van der Waals surface area contributed by atoms with Gasteiger partial charge in [-0.05, 0) is 36.9 Å². The van der Waals surface area contributed by atoms with Crippen molar-refractivity contribution in [3.63, 3.8) is 0 Å². The first-order chi connectivity index (χ1) is 14.0. The van der Waals surface area contributed by atoms with Gasteiger partial charge in [0.15, 0.2) is 0 Å². The fourth-order valence-corrected chi connectivity index (χ4v) is 3.25. The van der Waals surface area contributed by atoms with Crippen LogP contribution < -0.4 is 5.32 Å². The van der Waals surface area contributed by atoms with Crippen molar-refractivity contribution in [2.45, 2.75) is 45.5 Å². The molecule has 0 radical (unpaired) electrons. The van der Waals surface area contributed by atoms with Crippen LogP contribution in [0.25, 0.3) is 0 Å². The molecule has 0 amide bonds. The molecule has 1 heterocycles. The van der Waals surface area contributed by atoms with Crippen molar-refractivity contribution in [3.05, 3.63) is 47.5 Å². The zero-order valence-corrected chi connectivity index (χ0v) is 17.2. The van der Waals surface area contributed by atoms with E-state index in [9.17, 15) is 22.8 Å². The second-order valence-corrected chi connectivity index (χ2v) is 7.49. The smallest absolute Gasteiger partial charge is 0.416 e. The Labute approximate surface area is 174 Å². The molecule has 0 bridgehead atoms. The quantitative estimate of drug-likeness (QED) is 0.573. The maximum atomic E-state index is 13.2. The Morgan fingerprint density at radius 3 is 2.27 bits per heavy atom. The summed E-state index contributed by atoms with van der Waals surface area (Å²) < 4.78 is 39.5. The first kappa shape index (κ1) is 25.6.